The van der Waals surface area contributed by atoms with Crippen molar-refractivity contribution in [2.75, 3.05) is 0 Å². The van der Waals surface area contributed by atoms with E-state index in [1.165, 1.54) is 5.39 Å². The summed E-state index contributed by atoms with van der Waals surface area (Å²) in [7, 11) is 0. The first-order valence-corrected chi connectivity index (χ1v) is 6.98. The third-order valence-electron chi connectivity index (χ3n) is 3.45. The maximum absolute atomic E-state index is 6.27. The van der Waals surface area contributed by atoms with Gasteiger partial charge in [-0.05, 0) is 45.5 Å². The highest BCUT2D eigenvalue weighted by atomic mass is 35.5. The lowest BCUT2D eigenvalue weighted by Gasteiger charge is -2.10. The summed E-state index contributed by atoms with van der Waals surface area (Å²) in [6, 6.07) is 14.3. The van der Waals surface area contributed by atoms with Crippen LogP contribution >= 0.6 is 23.2 Å². The van der Waals surface area contributed by atoms with Crippen molar-refractivity contribution in [1.29, 1.82) is 0 Å². The maximum atomic E-state index is 6.27. The molecule has 0 fully saturated rings. The lowest BCUT2D eigenvalue weighted by molar-refractivity contribution is 1.45. The molecule has 0 aliphatic carbocycles. The lowest BCUT2D eigenvalue weighted by atomic mass is 9.96. The molecule has 0 nitrogen and oxygen atoms in total. The smallest absolute Gasteiger partial charge is 0.0484 e. The number of alkyl halides is 1. The Morgan fingerprint density at radius 3 is 2.58 bits per heavy atom. The van der Waals surface area contributed by atoms with Gasteiger partial charge < -0.3 is 0 Å². The van der Waals surface area contributed by atoms with Crippen LogP contribution in [0.3, 0.4) is 0 Å². The first-order chi connectivity index (χ1) is 9.24. The topological polar surface area (TPSA) is 0 Å². The molecule has 0 amide bonds. The van der Waals surface area contributed by atoms with Gasteiger partial charge in [0.2, 0.25) is 0 Å². The molecular formula is C17H12Cl2. The van der Waals surface area contributed by atoms with Crippen molar-refractivity contribution < 1.29 is 0 Å². The summed E-state index contributed by atoms with van der Waals surface area (Å²) in [6.07, 6.45) is 1.87. The van der Waals surface area contributed by atoms with Crippen LogP contribution in [0.2, 0.25) is 5.02 Å². The Hall–Kier alpha value is -1.50. The SMILES string of the molecule is C=Cc1ccc(CCl)c2cc3c(Cl)cccc3cc12. The molecule has 0 atom stereocenters. The van der Waals surface area contributed by atoms with Crippen LogP contribution in [-0.4, -0.2) is 0 Å². The second kappa shape index (κ2) is 4.88. The van der Waals surface area contributed by atoms with Crippen molar-refractivity contribution in [3.05, 3.63) is 65.2 Å². The second-order valence-electron chi connectivity index (χ2n) is 4.51. The summed E-state index contributed by atoms with van der Waals surface area (Å²) in [5.74, 6) is 0.490. The van der Waals surface area contributed by atoms with Gasteiger partial charge in [0, 0.05) is 16.3 Å². The van der Waals surface area contributed by atoms with E-state index >= 15 is 0 Å². The first-order valence-electron chi connectivity index (χ1n) is 6.07. The molecule has 0 spiro atoms. The van der Waals surface area contributed by atoms with E-state index in [2.05, 4.69) is 36.9 Å². The molecule has 0 aromatic heterocycles. The minimum absolute atomic E-state index is 0.490. The molecule has 0 bridgehead atoms. The average Bonchev–Trinajstić information content (AvgIpc) is 2.45. The van der Waals surface area contributed by atoms with Crippen LogP contribution < -0.4 is 0 Å². The van der Waals surface area contributed by atoms with E-state index in [0.717, 1.165) is 32.3 Å². The molecule has 0 aliphatic rings. The maximum Gasteiger partial charge on any atom is 0.0484 e. The van der Waals surface area contributed by atoms with Crippen LogP contribution in [-0.2, 0) is 5.88 Å². The minimum Gasteiger partial charge on any atom is -0.122 e. The zero-order valence-corrected chi connectivity index (χ0v) is 11.8. The van der Waals surface area contributed by atoms with Gasteiger partial charge in [0.05, 0.1) is 0 Å². The summed E-state index contributed by atoms with van der Waals surface area (Å²) in [4.78, 5) is 0. The van der Waals surface area contributed by atoms with Crippen LogP contribution in [0.4, 0.5) is 0 Å². The molecule has 3 aromatic rings. The predicted octanol–water partition coefficient (Wildman–Crippen LogP) is 6.03. The zero-order valence-electron chi connectivity index (χ0n) is 10.3. The van der Waals surface area contributed by atoms with E-state index in [-0.39, 0.29) is 0 Å². The molecule has 0 N–H and O–H groups in total. The molecule has 3 rings (SSSR count). The van der Waals surface area contributed by atoms with Crippen molar-refractivity contribution in [2.45, 2.75) is 5.88 Å². The monoisotopic (exact) mass is 286 g/mol. The molecule has 19 heavy (non-hydrogen) atoms. The van der Waals surface area contributed by atoms with Gasteiger partial charge in [-0.3, -0.25) is 0 Å². The molecular weight excluding hydrogens is 275 g/mol. The van der Waals surface area contributed by atoms with Gasteiger partial charge in [-0.2, -0.15) is 0 Å². The molecule has 3 aromatic carbocycles. The van der Waals surface area contributed by atoms with Gasteiger partial charge in [0.25, 0.3) is 0 Å². The molecule has 94 valence electrons. The summed E-state index contributed by atoms with van der Waals surface area (Å²) < 4.78 is 0. The van der Waals surface area contributed by atoms with Crippen LogP contribution in [0, 0.1) is 0 Å². The van der Waals surface area contributed by atoms with Gasteiger partial charge >= 0.3 is 0 Å². The summed E-state index contributed by atoms with van der Waals surface area (Å²) >= 11 is 12.3. The second-order valence-corrected chi connectivity index (χ2v) is 5.18. The van der Waals surface area contributed by atoms with E-state index in [9.17, 15) is 0 Å². The summed E-state index contributed by atoms with van der Waals surface area (Å²) in [5, 5.41) is 5.28. The Labute approximate surface area is 122 Å². The summed E-state index contributed by atoms with van der Waals surface area (Å²) in [6.45, 7) is 3.88. The summed E-state index contributed by atoms with van der Waals surface area (Å²) in [5.41, 5.74) is 2.23. The van der Waals surface area contributed by atoms with E-state index in [1.807, 2.05) is 18.2 Å². The minimum atomic E-state index is 0.490. The van der Waals surface area contributed by atoms with E-state index in [1.54, 1.807) is 0 Å². The van der Waals surface area contributed by atoms with E-state index in [4.69, 9.17) is 23.2 Å². The highest BCUT2D eigenvalue weighted by Gasteiger charge is 2.07. The van der Waals surface area contributed by atoms with Crippen molar-refractivity contribution in [3.63, 3.8) is 0 Å². The van der Waals surface area contributed by atoms with Gasteiger partial charge in [-0.15, -0.1) is 11.6 Å². The largest absolute Gasteiger partial charge is 0.122 e. The molecule has 0 heterocycles. The van der Waals surface area contributed by atoms with E-state index in [0.29, 0.717) is 5.88 Å². The van der Waals surface area contributed by atoms with Crippen molar-refractivity contribution in [2.24, 2.45) is 0 Å². The number of hydrogen-bond donors (Lipinski definition) is 0. The molecule has 2 heteroatoms. The van der Waals surface area contributed by atoms with Gasteiger partial charge in [0.15, 0.2) is 0 Å². The molecule has 0 saturated carbocycles. The molecule has 0 radical (unpaired) electrons. The number of fused-ring (bicyclic) bond motifs is 2. The van der Waals surface area contributed by atoms with E-state index < -0.39 is 0 Å². The fourth-order valence-electron chi connectivity index (χ4n) is 2.46. The molecule has 0 saturated heterocycles. The fraction of sp³-hybridized carbons (Fsp3) is 0.0588. The van der Waals surface area contributed by atoms with Crippen LogP contribution in [0.25, 0.3) is 27.6 Å². The normalized spacial score (nSPS) is 11.1. The average molecular weight is 287 g/mol. The Morgan fingerprint density at radius 1 is 1.00 bits per heavy atom. The van der Waals surface area contributed by atoms with Crippen molar-refractivity contribution in [3.8, 4) is 0 Å². The quantitative estimate of drug-likeness (QED) is 0.399. The number of halogens is 2. The van der Waals surface area contributed by atoms with Crippen LogP contribution in [0.5, 0.6) is 0 Å². The number of benzene rings is 3. The Balaban J connectivity index is 2.52. The highest BCUT2D eigenvalue weighted by molar-refractivity contribution is 6.36. The van der Waals surface area contributed by atoms with Crippen molar-refractivity contribution >= 4 is 50.8 Å². The molecule has 0 unspecified atom stereocenters. The Kier molecular flexibility index (Phi) is 3.22. The van der Waals surface area contributed by atoms with Gasteiger partial charge in [-0.25, -0.2) is 0 Å². The predicted molar refractivity (Wildman–Crippen MR) is 86.1 cm³/mol. The highest BCUT2D eigenvalue weighted by Crippen LogP contribution is 2.32. The lowest BCUT2D eigenvalue weighted by Crippen LogP contribution is -1.87. The fourth-order valence-corrected chi connectivity index (χ4v) is 2.93. The number of hydrogen-bond acceptors (Lipinski definition) is 0. The zero-order chi connectivity index (χ0) is 13.4. The third-order valence-corrected chi connectivity index (χ3v) is 4.07. The Bertz CT molecular complexity index is 788. The third kappa shape index (κ3) is 2.01. The van der Waals surface area contributed by atoms with Gasteiger partial charge in [-0.1, -0.05) is 48.5 Å². The first kappa shape index (κ1) is 12.5. The van der Waals surface area contributed by atoms with Gasteiger partial charge in [0.1, 0.15) is 0 Å². The van der Waals surface area contributed by atoms with Crippen LogP contribution in [0.1, 0.15) is 11.1 Å². The Morgan fingerprint density at radius 2 is 1.84 bits per heavy atom. The van der Waals surface area contributed by atoms with Crippen LogP contribution in [0.15, 0.2) is 49.0 Å². The molecule has 0 aliphatic heterocycles. The number of rotatable bonds is 2. The standard InChI is InChI=1S/C17H12Cl2/c1-2-11-6-7-13(10-18)15-9-16-12(8-14(11)15)4-3-5-17(16)19/h2-9H,1,10H2. The van der Waals surface area contributed by atoms with Crippen molar-refractivity contribution in [1.82, 2.24) is 0 Å².